The largest absolute Gasteiger partial charge is 0.422 e. The maximum Gasteiger partial charge on any atom is 0.349 e. The highest BCUT2D eigenvalue weighted by atomic mass is 32.2. The molecule has 258 valence electrons. The number of nitrogens with one attached hydrogen (secondary N) is 4. The van der Waals surface area contributed by atoms with Gasteiger partial charge < -0.3 is 34.6 Å². The van der Waals surface area contributed by atoms with E-state index >= 15 is 0 Å². The number of carbonyl (C=O) groups is 3. The summed E-state index contributed by atoms with van der Waals surface area (Å²) in [7, 11) is -3.92. The summed E-state index contributed by atoms with van der Waals surface area (Å²) in [5.41, 5.74) is 0.690. The molecule has 4 N–H and O–H groups in total. The molecule has 3 amide bonds. The SMILES string of the molecule is CC(=O)Nc1nc(S(=O)(=O)NCCC(=O)NCCCOCCOCCOCCCNC(=O)c2cc3ccc(C)cc3oc2=O)c(C)s1. The van der Waals surface area contributed by atoms with Gasteiger partial charge in [-0.2, -0.15) is 0 Å². The minimum atomic E-state index is -3.92. The van der Waals surface area contributed by atoms with Crippen LogP contribution in [0.3, 0.4) is 0 Å². The average molecular weight is 696 g/mol. The van der Waals surface area contributed by atoms with Crippen molar-refractivity contribution in [2.24, 2.45) is 0 Å². The quantitative estimate of drug-likeness (QED) is 0.0936. The number of nitrogens with zero attached hydrogens (tertiary/aromatic N) is 1. The maximum atomic E-state index is 12.5. The Kier molecular flexibility index (Phi) is 15.4. The molecule has 3 rings (SSSR count). The van der Waals surface area contributed by atoms with Crippen LogP contribution in [0.25, 0.3) is 11.0 Å². The second-order valence-electron chi connectivity index (χ2n) is 10.3. The number of amides is 3. The van der Waals surface area contributed by atoms with Gasteiger partial charge in [0, 0.05) is 56.5 Å². The molecule has 0 aliphatic rings. The van der Waals surface area contributed by atoms with Crippen molar-refractivity contribution in [3.63, 3.8) is 0 Å². The lowest BCUT2D eigenvalue weighted by Gasteiger charge is -2.08. The van der Waals surface area contributed by atoms with Gasteiger partial charge in [-0.3, -0.25) is 14.4 Å². The van der Waals surface area contributed by atoms with E-state index in [4.69, 9.17) is 18.6 Å². The van der Waals surface area contributed by atoms with Crippen LogP contribution in [0.2, 0.25) is 0 Å². The number of ether oxygens (including phenoxy) is 3. The van der Waals surface area contributed by atoms with E-state index in [1.54, 1.807) is 19.1 Å². The molecular formula is C30H41N5O10S2. The molecule has 1 aromatic carbocycles. The van der Waals surface area contributed by atoms with Gasteiger partial charge in [0.05, 0.1) is 26.4 Å². The normalized spacial score (nSPS) is 11.5. The van der Waals surface area contributed by atoms with Crippen molar-refractivity contribution in [3.8, 4) is 0 Å². The molecule has 0 unspecified atom stereocenters. The Hall–Kier alpha value is -3.74. The molecule has 3 aromatic rings. The van der Waals surface area contributed by atoms with Crippen molar-refractivity contribution in [3.05, 3.63) is 50.7 Å². The number of fused-ring (bicyclic) bond motifs is 1. The number of aromatic nitrogens is 1. The van der Waals surface area contributed by atoms with Gasteiger partial charge in [0.2, 0.25) is 11.8 Å². The lowest BCUT2D eigenvalue weighted by atomic mass is 10.1. The van der Waals surface area contributed by atoms with Crippen molar-refractivity contribution in [1.29, 1.82) is 0 Å². The number of anilines is 1. The van der Waals surface area contributed by atoms with Gasteiger partial charge in [-0.25, -0.2) is 22.9 Å². The standard InChI is InChI=1S/C30H41N5O10S2/c1-20-6-7-23-19-24(29(39)45-25(23)18-20)27(38)32-10-5-13-43-15-17-44-16-14-42-12-4-9-31-26(37)8-11-33-47(40,41)28-21(2)46-30(35-28)34-22(3)36/h6-7,18-19,33H,4-5,8-17H2,1-3H3,(H,31,37)(H,32,38)(H,34,35,36). The van der Waals surface area contributed by atoms with E-state index in [0.29, 0.717) is 81.4 Å². The first-order valence-corrected chi connectivity index (χ1v) is 17.3. The van der Waals surface area contributed by atoms with Crippen molar-refractivity contribution in [2.45, 2.75) is 45.1 Å². The maximum absolute atomic E-state index is 12.5. The molecule has 47 heavy (non-hydrogen) atoms. The number of thiazole rings is 1. The molecule has 0 spiro atoms. The summed E-state index contributed by atoms with van der Waals surface area (Å²) in [5.74, 6) is -1.15. The van der Waals surface area contributed by atoms with Crippen molar-refractivity contribution in [2.75, 3.05) is 64.6 Å². The van der Waals surface area contributed by atoms with Crippen LogP contribution in [0.1, 0.15) is 47.0 Å². The zero-order valence-corrected chi connectivity index (χ0v) is 28.3. The highest BCUT2D eigenvalue weighted by molar-refractivity contribution is 7.89. The molecule has 15 nitrogen and oxygen atoms in total. The number of aryl methyl sites for hydroxylation is 2. The number of rotatable bonds is 21. The summed E-state index contributed by atoms with van der Waals surface area (Å²) < 4.78 is 49.0. The van der Waals surface area contributed by atoms with Crippen LogP contribution < -0.4 is 26.3 Å². The number of hydrogen-bond donors (Lipinski definition) is 4. The summed E-state index contributed by atoms with van der Waals surface area (Å²) in [6.07, 6.45) is 1.09. The molecule has 2 aromatic heterocycles. The van der Waals surface area contributed by atoms with E-state index < -0.39 is 21.6 Å². The average Bonchev–Trinajstić information content (AvgIpc) is 3.38. The molecule has 0 aliphatic carbocycles. The Balaban J connectivity index is 1.12. The van der Waals surface area contributed by atoms with Gasteiger partial charge >= 0.3 is 5.63 Å². The van der Waals surface area contributed by atoms with Crippen LogP contribution >= 0.6 is 11.3 Å². The van der Waals surface area contributed by atoms with E-state index in [2.05, 4.69) is 25.7 Å². The highest BCUT2D eigenvalue weighted by Crippen LogP contribution is 2.25. The molecule has 17 heteroatoms. The smallest absolute Gasteiger partial charge is 0.349 e. The van der Waals surface area contributed by atoms with Crippen molar-refractivity contribution >= 4 is 55.2 Å². The van der Waals surface area contributed by atoms with Gasteiger partial charge in [-0.05, 0) is 44.4 Å². The predicted molar refractivity (Wildman–Crippen MR) is 175 cm³/mol. The van der Waals surface area contributed by atoms with Crippen LogP contribution in [0, 0.1) is 13.8 Å². The summed E-state index contributed by atoms with van der Waals surface area (Å²) in [6.45, 7) is 7.75. The molecule has 0 fully saturated rings. The van der Waals surface area contributed by atoms with Crippen LogP contribution in [0.4, 0.5) is 5.13 Å². The third-order valence-electron chi connectivity index (χ3n) is 6.35. The predicted octanol–water partition coefficient (Wildman–Crippen LogP) is 1.87. The lowest BCUT2D eigenvalue weighted by Crippen LogP contribution is -2.32. The Bertz CT molecular complexity index is 1670. The van der Waals surface area contributed by atoms with Crippen LogP contribution in [-0.4, -0.2) is 90.4 Å². The minimum Gasteiger partial charge on any atom is -0.422 e. The summed E-state index contributed by atoms with van der Waals surface area (Å²) in [6, 6.07) is 6.97. The zero-order chi connectivity index (χ0) is 34.2. The van der Waals surface area contributed by atoms with Crippen LogP contribution in [-0.2, 0) is 33.8 Å². The Morgan fingerprint density at radius 2 is 1.53 bits per heavy atom. The lowest BCUT2D eigenvalue weighted by molar-refractivity contribution is -0.121. The second kappa shape index (κ2) is 19.2. The highest BCUT2D eigenvalue weighted by Gasteiger charge is 2.22. The Morgan fingerprint density at radius 1 is 0.894 bits per heavy atom. The van der Waals surface area contributed by atoms with Gasteiger partial charge in [-0.15, -0.1) is 11.3 Å². The van der Waals surface area contributed by atoms with E-state index in [1.807, 2.05) is 13.0 Å². The van der Waals surface area contributed by atoms with Gasteiger partial charge in [-0.1, -0.05) is 12.1 Å². The molecular weight excluding hydrogens is 654 g/mol. The molecule has 0 radical (unpaired) electrons. The second-order valence-corrected chi connectivity index (χ2v) is 13.2. The summed E-state index contributed by atoms with van der Waals surface area (Å²) in [4.78, 5) is 52.1. The van der Waals surface area contributed by atoms with Gasteiger partial charge in [0.25, 0.3) is 15.9 Å². The fourth-order valence-corrected chi connectivity index (χ4v) is 6.45. The molecule has 2 heterocycles. The first-order valence-electron chi connectivity index (χ1n) is 15.0. The number of hydrogen-bond acceptors (Lipinski definition) is 12. The molecule has 0 saturated carbocycles. The van der Waals surface area contributed by atoms with Crippen LogP contribution in [0.5, 0.6) is 0 Å². The zero-order valence-electron chi connectivity index (χ0n) is 26.6. The van der Waals surface area contributed by atoms with Gasteiger partial charge in [0.15, 0.2) is 10.2 Å². The monoisotopic (exact) mass is 695 g/mol. The third kappa shape index (κ3) is 13.1. The van der Waals surface area contributed by atoms with E-state index in [1.165, 1.54) is 13.0 Å². The summed E-state index contributed by atoms with van der Waals surface area (Å²) in [5, 5.41) is 8.56. The molecule has 0 bridgehead atoms. The first-order chi connectivity index (χ1) is 22.5. The van der Waals surface area contributed by atoms with Crippen LogP contribution in [0.15, 0.2) is 38.5 Å². The fraction of sp³-hybridized carbons (Fsp3) is 0.500. The minimum absolute atomic E-state index is 0.0368. The molecule has 0 aliphatic heterocycles. The Morgan fingerprint density at radius 3 is 2.19 bits per heavy atom. The number of benzene rings is 1. The van der Waals surface area contributed by atoms with E-state index in [9.17, 15) is 27.6 Å². The van der Waals surface area contributed by atoms with Gasteiger partial charge in [0.1, 0.15) is 11.1 Å². The number of sulfonamides is 1. The van der Waals surface area contributed by atoms with E-state index in [-0.39, 0.29) is 40.5 Å². The van der Waals surface area contributed by atoms with E-state index in [0.717, 1.165) is 16.9 Å². The Labute approximate surface area is 276 Å². The number of carbonyl (C=O) groups excluding carboxylic acids is 3. The van der Waals surface area contributed by atoms with Crippen molar-refractivity contribution in [1.82, 2.24) is 20.3 Å². The molecule has 0 atom stereocenters. The topological polar surface area (TPSA) is 204 Å². The first kappa shape index (κ1) is 37.7. The fourth-order valence-electron chi connectivity index (χ4n) is 4.08. The molecule has 0 saturated heterocycles. The summed E-state index contributed by atoms with van der Waals surface area (Å²) >= 11 is 1.05. The van der Waals surface area contributed by atoms with Crippen molar-refractivity contribution < 1.29 is 41.4 Å². The third-order valence-corrected chi connectivity index (χ3v) is 8.86.